The second-order valence-electron chi connectivity index (χ2n) is 10.0. The second-order valence-corrected chi connectivity index (χ2v) is 14.1. The molecule has 0 radical (unpaired) electrons. The highest BCUT2D eigenvalue weighted by molar-refractivity contribution is 7.76. The van der Waals surface area contributed by atoms with Gasteiger partial charge in [-0.05, 0) is 50.0 Å². The van der Waals surface area contributed by atoms with Crippen molar-refractivity contribution in [3.05, 3.63) is 0 Å². The van der Waals surface area contributed by atoms with Crippen molar-refractivity contribution >= 4 is 18.5 Å². The summed E-state index contributed by atoms with van der Waals surface area (Å²) in [4.78, 5) is 12.8. The first kappa shape index (κ1) is 31.0. The standard InChI is InChI=1S/C29H59OP/c1-5-9-13-14-15-16-17-18-19-20-21-22-23-24-29(30)28-31(25-10-6-2,26-11-7-3)27-12-8-4/h28H,5-27H2,1-4H3. The summed E-state index contributed by atoms with van der Waals surface area (Å²) in [5.41, 5.74) is 0. The van der Waals surface area contributed by atoms with E-state index in [4.69, 9.17) is 0 Å². The highest BCUT2D eigenvalue weighted by Crippen LogP contribution is 2.49. The molecule has 0 N–H and O–H groups in total. The number of ketones is 1. The van der Waals surface area contributed by atoms with Gasteiger partial charge >= 0.3 is 0 Å². The summed E-state index contributed by atoms with van der Waals surface area (Å²) in [5, 5.41) is 0. The molecule has 0 amide bonds. The molecule has 0 heterocycles. The van der Waals surface area contributed by atoms with Gasteiger partial charge in [0.2, 0.25) is 0 Å². The molecule has 0 aromatic carbocycles. The van der Waals surface area contributed by atoms with Crippen molar-refractivity contribution in [3.8, 4) is 0 Å². The fraction of sp³-hybridized carbons (Fsp3) is 0.931. The molecule has 0 aliphatic carbocycles. The zero-order valence-electron chi connectivity index (χ0n) is 22.2. The van der Waals surface area contributed by atoms with E-state index in [2.05, 4.69) is 33.5 Å². The lowest BCUT2D eigenvalue weighted by Gasteiger charge is -2.26. The van der Waals surface area contributed by atoms with Crippen LogP contribution in [0.2, 0.25) is 0 Å². The molecule has 0 unspecified atom stereocenters. The molecule has 0 saturated heterocycles. The van der Waals surface area contributed by atoms with E-state index in [0.717, 1.165) is 12.8 Å². The second kappa shape index (κ2) is 23.1. The average Bonchev–Trinajstić information content (AvgIpc) is 2.77. The summed E-state index contributed by atoms with van der Waals surface area (Å²) in [6.07, 6.45) is 30.3. The summed E-state index contributed by atoms with van der Waals surface area (Å²) < 4.78 is 0. The summed E-state index contributed by atoms with van der Waals surface area (Å²) in [7, 11) is 0. The number of carbonyl (C=O) groups excluding carboxylic acids is 1. The Kier molecular flexibility index (Phi) is 23.1. The molecule has 0 aromatic rings. The van der Waals surface area contributed by atoms with Gasteiger partial charge in [0.1, 0.15) is 0 Å². The Morgan fingerprint density at radius 1 is 0.484 bits per heavy atom. The van der Waals surface area contributed by atoms with E-state index in [1.165, 1.54) is 134 Å². The number of carbonyl (C=O) groups is 1. The molecule has 0 rings (SSSR count). The Bertz CT molecular complexity index is 411. The highest BCUT2D eigenvalue weighted by atomic mass is 31.2. The summed E-state index contributed by atoms with van der Waals surface area (Å²) in [6, 6.07) is 0. The molecule has 0 aromatic heterocycles. The van der Waals surface area contributed by atoms with Gasteiger partial charge in [0.05, 0.1) is 0 Å². The van der Waals surface area contributed by atoms with Gasteiger partial charge in [-0.3, -0.25) is 4.79 Å². The molecule has 0 bridgehead atoms. The third kappa shape index (κ3) is 19.2. The van der Waals surface area contributed by atoms with Gasteiger partial charge < -0.3 is 0 Å². The van der Waals surface area contributed by atoms with E-state index in [1.54, 1.807) is 0 Å². The number of hydrogen-bond acceptors (Lipinski definition) is 1. The predicted molar refractivity (Wildman–Crippen MR) is 148 cm³/mol. The van der Waals surface area contributed by atoms with E-state index in [9.17, 15) is 4.79 Å². The molecule has 1 nitrogen and oxygen atoms in total. The fourth-order valence-corrected chi connectivity index (χ4v) is 9.27. The molecule has 0 spiro atoms. The van der Waals surface area contributed by atoms with Gasteiger partial charge in [-0.1, -0.05) is 124 Å². The molecule has 0 aliphatic rings. The van der Waals surface area contributed by atoms with Gasteiger partial charge in [-0.25, -0.2) is 0 Å². The minimum atomic E-state index is -1.16. The van der Waals surface area contributed by atoms with Gasteiger partial charge in [0, 0.05) is 6.42 Å². The van der Waals surface area contributed by atoms with Crippen molar-refractivity contribution in [2.24, 2.45) is 0 Å². The van der Waals surface area contributed by atoms with Crippen LogP contribution in [0.1, 0.15) is 156 Å². The van der Waals surface area contributed by atoms with Gasteiger partial charge in [0.15, 0.2) is 5.78 Å². The summed E-state index contributed by atoms with van der Waals surface area (Å²) in [5.74, 6) is 2.80. The third-order valence-corrected chi connectivity index (χ3v) is 11.3. The van der Waals surface area contributed by atoms with Crippen molar-refractivity contribution in [1.82, 2.24) is 0 Å². The maximum Gasteiger partial charge on any atom is 0.155 e. The van der Waals surface area contributed by atoms with Crippen LogP contribution in [0.4, 0.5) is 0 Å². The molecule has 2 heteroatoms. The smallest absolute Gasteiger partial charge is 0.155 e. The predicted octanol–water partition coefficient (Wildman–Crippen LogP) is 10.3. The van der Waals surface area contributed by atoms with Crippen molar-refractivity contribution in [1.29, 1.82) is 0 Å². The van der Waals surface area contributed by atoms with Crippen molar-refractivity contribution in [2.75, 3.05) is 18.5 Å². The number of rotatable bonds is 24. The van der Waals surface area contributed by atoms with E-state index in [1.807, 2.05) is 0 Å². The zero-order valence-corrected chi connectivity index (χ0v) is 23.1. The Morgan fingerprint density at radius 2 is 0.806 bits per heavy atom. The molecule has 186 valence electrons. The van der Waals surface area contributed by atoms with E-state index < -0.39 is 6.89 Å². The first-order chi connectivity index (χ1) is 15.1. The van der Waals surface area contributed by atoms with Crippen LogP contribution in [0.25, 0.3) is 0 Å². The summed E-state index contributed by atoms with van der Waals surface area (Å²) in [6.45, 7) is 8.01. The zero-order chi connectivity index (χ0) is 23.0. The van der Waals surface area contributed by atoms with Crippen molar-refractivity contribution in [2.45, 2.75) is 156 Å². The minimum absolute atomic E-state index is 0.486. The molecule has 0 fully saturated rings. The maximum absolute atomic E-state index is 12.8. The molecule has 0 atom stereocenters. The summed E-state index contributed by atoms with van der Waals surface area (Å²) >= 11 is 0. The topological polar surface area (TPSA) is 17.1 Å². The lowest BCUT2D eigenvalue weighted by molar-refractivity contribution is -0.112. The molecular weight excluding hydrogens is 395 g/mol. The van der Waals surface area contributed by atoms with Gasteiger partial charge in [0.25, 0.3) is 0 Å². The highest BCUT2D eigenvalue weighted by Gasteiger charge is 2.18. The third-order valence-electron chi connectivity index (χ3n) is 6.82. The average molecular weight is 455 g/mol. The lowest BCUT2D eigenvalue weighted by atomic mass is 10.0. The quantitative estimate of drug-likeness (QED) is 0.105. The first-order valence-electron chi connectivity index (χ1n) is 14.4. The van der Waals surface area contributed by atoms with Crippen LogP contribution < -0.4 is 0 Å². The maximum atomic E-state index is 12.8. The molecule has 31 heavy (non-hydrogen) atoms. The van der Waals surface area contributed by atoms with Crippen molar-refractivity contribution in [3.63, 3.8) is 0 Å². The Morgan fingerprint density at radius 3 is 1.16 bits per heavy atom. The van der Waals surface area contributed by atoms with Gasteiger partial charge in [-0.2, -0.15) is 0 Å². The van der Waals surface area contributed by atoms with Crippen LogP contribution in [-0.2, 0) is 4.79 Å². The first-order valence-corrected chi connectivity index (χ1v) is 16.8. The normalized spacial score (nSPS) is 11.7. The SMILES string of the molecule is CCCCCCCCCCCCCCCC(=O)C=P(CCCC)(CCCC)CCCC. The van der Waals surface area contributed by atoms with Crippen LogP contribution in [0, 0.1) is 0 Å². The molecule has 0 saturated carbocycles. The Balaban J connectivity index is 4.09. The van der Waals surface area contributed by atoms with Crippen molar-refractivity contribution < 1.29 is 4.79 Å². The molecule has 0 aliphatic heterocycles. The monoisotopic (exact) mass is 454 g/mol. The Hall–Kier alpha value is -0.0300. The van der Waals surface area contributed by atoms with Crippen LogP contribution in [0.15, 0.2) is 0 Å². The number of Topliss-reactive ketones (excluding diaryl/α,β-unsaturated/α-hetero) is 1. The van der Waals surface area contributed by atoms with Crippen LogP contribution in [-0.4, -0.2) is 30.1 Å². The van der Waals surface area contributed by atoms with E-state index >= 15 is 0 Å². The van der Waals surface area contributed by atoms with E-state index in [0.29, 0.717) is 5.78 Å². The number of unbranched alkanes of at least 4 members (excludes halogenated alkanes) is 15. The Labute approximate surface area is 197 Å². The lowest BCUT2D eigenvalue weighted by Crippen LogP contribution is -2.10. The van der Waals surface area contributed by atoms with E-state index in [-0.39, 0.29) is 0 Å². The molecular formula is C29H59OP. The van der Waals surface area contributed by atoms with Crippen LogP contribution in [0.3, 0.4) is 0 Å². The van der Waals surface area contributed by atoms with Crippen LogP contribution >= 0.6 is 6.89 Å². The largest absolute Gasteiger partial charge is 0.295 e. The van der Waals surface area contributed by atoms with Gasteiger partial charge in [-0.15, -0.1) is 6.89 Å². The fourth-order valence-electron chi connectivity index (χ4n) is 4.64. The number of hydrogen-bond donors (Lipinski definition) is 0. The minimum Gasteiger partial charge on any atom is -0.295 e. The van der Waals surface area contributed by atoms with Crippen LogP contribution in [0.5, 0.6) is 0 Å².